The molecule has 102 valence electrons. The molecule has 1 N–H and O–H groups in total. The summed E-state index contributed by atoms with van der Waals surface area (Å²) in [6.07, 6.45) is 5.17. The van der Waals surface area contributed by atoms with E-state index in [0.717, 1.165) is 35.9 Å². The van der Waals surface area contributed by atoms with Gasteiger partial charge in [-0.25, -0.2) is 0 Å². The van der Waals surface area contributed by atoms with E-state index < -0.39 is 5.97 Å². The molecular formula is C15H19NO3. The molecule has 0 radical (unpaired) electrons. The van der Waals surface area contributed by atoms with Crippen molar-refractivity contribution in [2.75, 3.05) is 7.11 Å². The Kier molecular flexibility index (Phi) is 4.10. The number of methoxy groups -OCH3 is 1. The highest BCUT2D eigenvalue weighted by atomic mass is 16.5. The Balaban J connectivity index is 2.48. The number of aliphatic carboxylic acids is 1. The van der Waals surface area contributed by atoms with Crippen LogP contribution in [0.1, 0.15) is 25.3 Å². The zero-order valence-electron chi connectivity index (χ0n) is 11.3. The molecule has 1 aromatic heterocycles. The second kappa shape index (κ2) is 5.78. The van der Waals surface area contributed by atoms with Crippen molar-refractivity contribution in [3.8, 4) is 5.75 Å². The minimum atomic E-state index is -0.832. The molecule has 0 saturated heterocycles. The molecule has 1 heterocycles. The lowest BCUT2D eigenvalue weighted by atomic mass is 10.1. The molecule has 0 bridgehead atoms. The van der Waals surface area contributed by atoms with Gasteiger partial charge in [0.05, 0.1) is 12.6 Å². The summed E-state index contributed by atoms with van der Waals surface area (Å²) in [6.45, 7) is 2.13. The maximum atomic E-state index is 10.9. The molecule has 19 heavy (non-hydrogen) atoms. The smallest absolute Gasteiger partial charge is 0.323 e. The van der Waals surface area contributed by atoms with E-state index in [-0.39, 0.29) is 6.54 Å². The fraction of sp³-hybridized carbons (Fsp3) is 0.400. The monoisotopic (exact) mass is 261 g/mol. The number of hydrogen-bond donors (Lipinski definition) is 1. The van der Waals surface area contributed by atoms with Gasteiger partial charge in [-0.05, 0) is 30.5 Å². The third-order valence-electron chi connectivity index (χ3n) is 3.28. The first-order valence-electron chi connectivity index (χ1n) is 6.53. The first-order chi connectivity index (χ1) is 9.15. The fourth-order valence-corrected chi connectivity index (χ4v) is 2.32. The molecule has 0 atom stereocenters. The van der Waals surface area contributed by atoms with Crippen molar-refractivity contribution < 1.29 is 14.6 Å². The van der Waals surface area contributed by atoms with Crippen LogP contribution in [0.3, 0.4) is 0 Å². The predicted molar refractivity (Wildman–Crippen MR) is 74.7 cm³/mol. The molecule has 2 aromatic rings. The first kappa shape index (κ1) is 13.5. The van der Waals surface area contributed by atoms with Gasteiger partial charge < -0.3 is 14.4 Å². The highest BCUT2D eigenvalue weighted by Crippen LogP contribution is 2.27. The third kappa shape index (κ3) is 2.89. The van der Waals surface area contributed by atoms with Crippen molar-refractivity contribution in [3.05, 3.63) is 30.0 Å². The van der Waals surface area contributed by atoms with E-state index in [4.69, 9.17) is 9.84 Å². The molecule has 0 saturated carbocycles. The Morgan fingerprint density at radius 1 is 1.42 bits per heavy atom. The summed E-state index contributed by atoms with van der Waals surface area (Å²) < 4.78 is 6.99. The van der Waals surface area contributed by atoms with E-state index in [0.29, 0.717) is 0 Å². The van der Waals surface area contributed by atoms with E-state index in [2.05, 4.69) is 6.92 Å². The molecule has 4 heteroatoms. The average molecular weight is 261 g/mol. The molecule has 0 fully saturated rings. The number of carboxylic acids is 1. The maximum Gasteiger partial charge on any atom is 0.323 e. The summed E-state index contributed by atoms with van der Waals surface area (Å²) in [5, 5.41) is 10.1. The van der Waals surface area contributed by atoms with Crippen LogP contribution in [0.2, 0.25) is 0 Å². The zero-order valence-corrected chi connectivity index (χ0v) is 11.3. The number of nitrogens with zero attached hydrogens (tertiary/aromatic N) is 1. The summed E-state index contributed by atoms with van der Waals surface area (Å²) in [5.74, 6) is -0.0824. The van der Waals surface area contributed by atoms with Gasteiger partial charge in [0.15, 0.2) is 0 Å². The normalized spacial score (nSPS) is 10.8. The van der Waals surface area contributed by atoms with Crippen LogP contribution in [-0.2, 0) is 17.8 Å². The molecule has 0 spiro atoms. The third-order valence-corrected chi connectivity index (χ3v) is 3.28. The number of fused-ring (bicyclic) bond motifs is 1. The summed E-state index contributed by atoms with van der Waals surface area (Å²) >= 11 is 0. The minimum absolute atomic E-state index is 0.0181. The van der Waals surface area contributed by atoms with Crippen LogP contribution >= 0.6 is 0 Å². The van der Waals surface area contributed by atoms with Gasteiger partial charge >= 0.3 is 5.97 Å². The highest BCUT2D eigenvalue weighted by molar-refractivity contribution is 5.86. The number of ether oxygens (including phenoxy) is 1. The molecule has 1 aromatic carbocycles. The Labute approximate surface area is 112 Å². The number of benzene rings is 1. The SMILES string of the molecule is CCCCc1cn(CC(=O)O)c2cc(OC)ccc12. The van der Waals surface area contributed by atoms with Gasteiger partial charge in [-0.3, -0.25) is 4.79 Å². The minimum Gasteiger partial charge on any atom is -0.497 e. The van der Waals surface area contributed by atoms with Crippen LogP contribution < -0.4 is 4.74 Å². The van der Waals surface area contributed by atoms with E-state index in [1.807, 2.05) is 24.4 Å². The molecule has 0 amide bonds. The van der Waals surface area contributed by atoms with E-state index in [9.17, 15) is 4.79 Å². The van der Waals surface area contributed by atoms with Gasteiger partial charge in [-0.15, -0.1) is 0 Å². The first-order valence-corrected chi connectivity index (χ1v) is 6.53. The van der Waals surface area contributed by atoms with Crippen molar-refractivity contribution in [2.45, 2.75) is 32.7 Å². The Bertz CT molecular complexity index is 586. The topological polar surface area (TPSA) is 51.5 Å². The predicted octanol–water partition coefficient (Wildman–Crippen LogP) is 3.08. The molecule has 4 nitrogen and oxygen atoms in total. The number of carbonyl (C=O) groups is 1. The number of hydrogen-bond acceptors (Lipinski definition) is 2. The van der Waals surface area contributed by atoms with Gasteiger partial charge in [-0.2, -0.15) is 0 Å². The van der Waals surface area contributed by atoms with E-state index in [1.54, 1.807) is 11.7 Å². The number of rotatable bonds is 6. The second-order valence-corrected chi connectivity index (χ2v) is 4.66. The van der Waals surface area contributed by atoms with Crippen molar-refractivity contribution >= 4 is 16.9 Å². The van der Waals surface area contributed by atoms with Crippen LogP contribution in [0.5, 0.6) is 5.75 Å². The Morgan fingerprint density at radius 3 is 2.84 bits per heavy atom. The fourth-order valence-electron chi connectivity index (χ4n) is 2.32. The van der Waals surface area contributed by atoms with Crippen LogP contribution in [0.15, 0.2) is 24.4 Å². The van der Waals surface area contributed by atoms with E-state index >= 15 is 0 Å². The van der Waals surface area contributed by atoms with Gasteiger partial charge in [0.25, 0.3) is 0 Å². The molecule has 0 aliphatic rings. The lowest BCUT2D eigenvalue weighted by Gasteiger charge is -2.03. The highest BCUT2D eigenvalue weighted by Gasteiger charge is 2.11. The lowest BCUT2D eigenvalue weighted by molar-refractivity contribution is -0.137. The molecule has 2 rings (SSSR count). The molecule has 0 aliphatic heterocycles. The number of aromatic nitrogens is 1. The van der Waals surface area contributed by atoms with Gasteiger partial charge in [-0.1, -0.05) is 13.3 Å². The summed E-state index contributed by atoms with van der Waals surface area (Å²) in [7, 11) is 1.61. The Morgan fingerprint density at radius 2 is 2.21 bits per heavy atom. The maximum absolute atomic E-state index is 10.9. The van der Waals surface area contributed by atoms with Crippen LogP contribution in [-0.4, -0.2) is 22.8 Å². The number of aryl methyl sites for hydroxylation is 1. The summed E-state index contributed by atoms with van der Waals surface area (Å²) in [4.78, 5) is 10.9. The largest absolute Gasteiger partial charge is 0.497 e. The van der Waals surface area contributed by atoms with Crippen LogP contribution in [0, 0.1) is 0 Å². The standard InChI is InChI=1S/C15H19NO3/c1-3-4-5-11-9-16(10-15(17)18)14-8-12(19-2)6-7-13(11)14/h6-9H,3-5,10H2,1-2H3,(H,17,18). The second-order valence-electron chi connectivity index (χ2n) is 4.66. The van der Waals surface area contributed by atoms with Gasteiger partial charge in [0, 0.05) is 17.6 Å². The Hall–Kier alpha value is -1.97. The lowest BCUT2D eigenvalue weighted by Crippen LogP contribution is -2.07. The van der Waals surface area contributed by atoms with E-state index in [1.165, 1.54) is 5.56 Å². The summed E-state index contributed by atoms with van der Waals surface area (Å²) in [6, 6.07) is 5.83. The molecule has 0 aliphatic carbocycles. The van der Waals surface area contributed by atoms with Crippen molar-refractivity contribution in [2.24, 2.45) is 0 Å². The van der Waals surface area contributed by atoms with Crippen molar-refractivity contribution in [1.82, 2.24) is 4.57 Å². The summed E-state index contributed by atoms with van der Waals surface area (Å²) in [5.41, 5.74) is 2.13. The van der Waals surface area contributed by atoms with Crippen LogP contribution in [0.25, 0.3) is 10.9 Å². The van der Waals surface area contributed by atoms with Crippen molar-refractivity contribution in [1.29, 1.82) is 0 Å². The van der Waals surface area contributed by atoms with Gasteiger partial charge in [0.2, 0.25) is 0 Å². The van der Waals surface area contributed by atoms with Crippen LogP contribution in [0.4, 0.5) is 0 Å². The molecular weight excluding hydrogens is 242 g/mol. The number of unbranched alkanes of at least 4 members (excludes halogenated alkanes) is 1. The van der Waals surface area contributed by atoms with Crippen molar-refractivity contribution in [3.63, 3.8) is 0 Å². The number of carboxylic acid groups (broad SMARTS) is 1. The zero-order chi connectivity index (χ0) is 13.8. The average Bonchev–Trinajstić information content (AvgIpc) is 2.73. The molecule has 0 unspecified atom stereocenters. The van der Waals surface area contributed by atoms with Gasteiger partial charge in [0.1, 0.15) is 12.3 Å². The quantitative estimate of drug-likeness (QED) is 0.869.